The first-order chi connectivity index (χ1) is 12.6. The molecule has 1 aromatic carbocycles. The number of piperidine rings is 1. The van der Waals surface area contributed by atoms with Gasteiger partial charge in [0.2, 0.25) is 11.8 Å². The summed E-state index contributed by atoms with van der Waals surface area (Å²) < 4.78 is 5.33. The van der Waals surface area contributed by atoms with Gasteiger partial charge in [-0.2, -0.15) is 0 Å². The SMILES string of the molecule is O=C(NC(=O)C1CCCN1C(=O)OCc1ccccc1)C1CCNCC1. The zero-order chi connectivity index (χ0) is 18.4. The normalized spacial score (nSPS) is 20.6. The van der Waals surface area contributed by atoms with Gasteiger partial charge in [-0.3, -0.25) is 19.8 Å². The van der Waals surface area contributed by atoms with Gasteiger partial charge in [-0.25, -0.2) is 4.79 Å². The van der Waals surface area contributed by atoms with Crippen molar-refractivity contribution in [3.8, 4) is 0 Å². The van der Waals surface area contributed by atoms with Gasteiger partial charge in [-0.05, 0) is 44.3 Å². The number of amides is 3. The minimum Gasteiger partial charge on any atom is -0.445 e. The summed E-state index contributed by atoms with van der Waals surface area (Å²) in [7, 11) is 0. The summed E-state index contributed by atoms with van der Waals surface area (Å²) in [6, 6.07) is 8.76. The summed E-state index contributed by atoms with van der Waals surface area (Å²) in [5.74, 6) is -0.774. The molecule has 0 saturated carbocycles. The molecular weight excluding hydrogens is 334 g/mol. The fourth-order valence-corrected chi connectivity index (χ4v) is 3.45. The lowest BCUT2D eigenvalue weighted by Crippen LogP contribution is -2.49. The van der Waals surface area contributed by atoms with Crippen molar-refractivity contribution >= 4 is 17.9 Å². The lowest BCUT2D eigenvalue weighted by atomic mass is 9.97. The van der Waals surface area contributed by atoms with Crippen molar-refractivity contribution in [2.24, 2.45) is 5.92 Å². The summed E-state index contributed by atoms with van der Waals surface area (Å²) in [4.78, 5) is 38.5. The third-order valence-electron chi connectivity index (χ3n) is 4.95. The fourth-order valence-electron chi connectivity index (χ4n) is 3.45. The highest BCUT2D eigenvalue weighted by Crippen LogP contribution is 2.20. The molecule has 1 aromatic rings. The van der Waals surface area contributed by atoms with Gasteiger partial charge in [-0.15, -0.1) is 0 Å². The molecule has 2 fully saturated rings. The standard InChI is InChI=1S/C19H25N3O4/c23-17(15-8-10-20-11-9-15)21-18(24)16-7-4-12-22(16)19(25)26-13-14-5-2-1-3-6-14/h1-3,5-6,15-16,20H,4,7-13H2,(H,21,23,24). The maximum absolute atomic E-state index is 12.5. The molecule has 7 nitrogen and oxygen atoms in total. The van der Waals surface area contributed by atoms with Gasteiger partial charge in [0.05, 0.1) is 0 Å². The Bertz CT molecular complexity index is 643. The zero-order valence-corrected chi connectivity index (χ0v) is 14.8. The molecule has 0 bridgehead atoms. The minimum atomic E-state index is -0.635. The van der Waals surface area contributed by atoms with E-state index >= 15 is 0 Å². The van der Waals surface area contributed by atoms with Crippen molar-refractivity contribution in [3.05, 3.63) is 35.9 Å². The topological polar surface area (TPSA) is 87.7 Å². The number of hydrogen-bond donors (Lipinski definition) is 2. The minimum absolute atomic E-state index is 0.139. The number of hydrogen-bond acceptors (Lipinski definition) is 5. The van der Waals surface area contributed by atoms with Crippen LogP contribution in [-0.2, 0) is 20.9 Å². The van der Waals surface area contributed by atoms with Gasteiger partial charge in [0, 0.05) is 12.5 Å². The van der Waals surface area contributed by atoms with Crippen LogP contribution in [0.5, 0.6) is 0 Å². The average molecular weight is 359 g/mol. The smallest absolute Gasteiger partial charge is 0.410 e. The molecule has 1 atom stereocenters. The van der Waals surface area contributed by atoms with Crippen LogP contribution in [0.1, 0.15) is 31.2 Å². The van der Waals surface area contributed by atoms with E-state index in [2.05, 4.69) is 10.6 Å². The van der Waals surface area contributed by atoms with Crippen molar-refractivity contribution in [1.82, 2.24) is 15.5 Å². The van der Waals surface area contributed by atoms with E-state index in [-0.39, 0.29) is 18.4 Å². The Morgan fingerprint density at radius 1 is 1.08 bits per heavy atom. The van der Waals surface area contributed by atoms with E-state index in [4.69, 9.17) is 4.74 Å². The molecule has 0 aromatic heterocycles. The Morgan fingerprint density at radius 3 is 2.54 bits per heavy atom. The molecule has 2 N–H and O–H groups in total. The highest BCUT2D eigenvalue weighted by atomic mass is 16.6. The second-order valence-corrected chi connectivity index (χ2v) is 6.77. The quantitative estimate of drug-likeness (QED) is 0.794. The molecule has 0 spiro atoms. The predicted octanol–water partition coefficient (Wildman–Crippen LogP) is 1.43. The number of carbonyl (C=O) groups is 3. The van der Waals surface area contributed by atoms with E-state index in [9.17, 15) is 14.4 Å². The molecular formula is C19H25N3O4. The number of likely N-dealkylation sites (tertiary alicyclic amines) is 1. The summed E-state index contributed by atoms with van der Waals surface area (Å²) >= 11 is 0. The molecule has 1 unspecified atom stereocenters. The zero-order valence-electron chi connectivity index (χ0n) is 14.8. The highest BCUT2D eigenvalue weighted by Gasteiger charge is 2.36. The number of ether oxygens (including phenoxy) is 1. The van der Waals surface area contributed by atoms with E-state index in [0.717, 1.165) is 37.9 Å². The summed E-state index contributed by atoms with van der Waals surface area (Å²) in [6.07, 6.45) is 2.21. The Hall–Kier alpha value is -2.41. The van der Waals surface area contributed by atoms with Crippen molar-refractivity contribution < 1.29 is 19.1 Å². The summed E-state index contributed by atoms with van der Waals surface area (Å²) in [5, 5.41) is 5.69. The second kappa shape index (κ2) is 8.80. The number of imide groups is 1. The van der Waals surface area contributed by atoms with Crippen LogP contribution in [0.15, 0.2) is 30.3 Å². The molecule has 0 radical (unpaired) electrons. The molecule has 2 aliphatic heterocycles. The molecule has 2 saturated heterocycles. The Labute approximate surface area is 153 Å². The molecule has 2 heterocycles. The van der Waals surface area contributed by atoms with E-state index in [1.165, 1.54) is 4.90 Å². The average Bonchev–Trinajstić information content (AvgIpc) is 3.17. The Kier molecular flexibility index (Phi) is 6.22. The molecule has 3 amide bonds. The number of carbonyl (C=O) groups excluding carboxylic acids is 3. The van der Waals surface area contributed by atoms with Crippen molar-refractivity contribution in [3.63, 3.8) is 0 Å². The van der Waals surface area contributed by atoms with E-state index in [1.807, 2.05) is 30.3 Å². The van der Waals surface area contributed by atoms with Gasteiger partial charge in [0.25, 0.3) is 0 Å². The van der Waals surface area contributed by atoms with Crippen LogP contribution < -0.4 is 10.6 Å². The lowest BCUT2D eigenvalue weighted by molar-refractivity contribution is -0.135. The molecule has 7 heteroatoms. The van der Waals surface area contributed by atoms with Gasteiger partial charge >= 0.3 is 6.09 Å². The van der Waals surface area contributed by atoms with Crippen molar-refractivity contribution in [2.75, 3.05) is 19.6 Å². The second-order valence-electron chi connectivity index (χ2n) is 6.77. The molecule has 3 rings (SSSR count). The summed E-state index contributed by atoms with van der Waals surface area (Å²) in [6.45, 7) is 2.20. The number of rotatable bonds is 4. The first-order valence-corrected chi connectivity index (χ1v) is 9.18. The fraction of sp³-hybridized carbons (Fsp3) is 0.526. The van der Waals surface area contributed by atoms with Crippen LogP contribution in [0.3, 0.4) is 0 Å². The Balaban J connectivity index is 1.52. The first kappa shape index (κ1) is 18.4. The number of nitrogens with zero attached hydrogens (tertiary/aromatic N) is 1. The molecule has 2 aliphatic rings. The maximum atomic E-state index is 12.5. The molecule has 0 aliphatic carbocycles. The summed E-state index contributed by atoms with van der Waals surface area (Å²) in [5.41, 5.74) is 0.891. The highest BCUT2D eigenvalue weighted by molar-refractivity contribution is 5.99. The lowest BCUT2D eigenvalue weighted by Gasteiger charge is -2.25. The van der Waals surface area contributed by atoms with Crippen LogP contribution in [0.4, 0.5) is 4.79 Å². The molecule has 140 valence electrons. The van der Waals surface area contributed by atoms with Crippen LogP contribution in [0.25, 0.3) is 0 Å². The van der Waals surface area contributed by atoms with Crippen LogP contribution in [0, 0.1) is 5.92 Å². The van der Waals surface area contributed by atoms with E-state index < -0.39 is 18.0 Å². The van der Waals surface area contributed by atoms with Gasteiger partial charge in [0.1, 0.15) is 12.6 Å². The first-order valence-electron chi connectivity index (χ1n) is 9.18. The largest absolute Gasteiger partial charge is 0.445 e. The predicted molar refractivity (Wildman–Crippen MR) is 95.1 cm³/mol. The van der Waals surface area contributed by atoms with Crippen LogP contribution >= 0.6 is 0 Å². The van der Waals surface area contributed by atoms with Gasteiger partial charge in [-0.1, -0.05) is 30.3 Å². The number of nitrogens with one attached hydrogen (secondary N) is 2. The maximum Gasteiger partial charge on any atom is 0.410 e. The van der Waals surface area contributed by atoms with Crippen LogP contribution in [-0.4, -0.2) is 48.5 Å². The number of benzene rings is 1. The third-order valence-corrected chi connectivity index (χ3v) is 4.95. The monoisotopic (exact) mass is 359 g/mol. The van der Waals surface area contributed by atoms with Crippen molar-refractivity contribution in [1.29, 1.82) is 0 Å². The Morgan fingerprint density at radius 2 is 1.81 bits per heavy atom. The molecule has 26 heavy (non-hydrogen) atoms. The van der Waals surface area contributed by atoms with Gasteiger partial charge in [0.15, 0.2) is 0 Å². The van der Waals surface area contributed by atoms with Gasteiger partial charge < -0.3 is 10.1 Å². The third kappa shape index (κ3) is 4.60. The van der Waals surface area contributed by atoms with E-state index in [1.54, 1.807) is 0 Å². The van der Waals surface area contributed by atoms with E-state index in [0.29, 0.717) is 13.0 Å². The van der Waals surface area contributed by atoms with Crippen molar-refractivity contribution in [2.45, 2.75) is 38.3 Å². The van der Waals surface area contributed by atoms with Crippen LogP contribution in [0.2, 0.25) is 0 Å².